The molecule has 0 saturated carbocycles. The molecule has 0 bridgehead atoms. The third-order valence-electron chi connectivity index (χ3n) is 3.05. The minimum Gasteiger partial charge on any atom is -0.459 e. The van der Waals surface area contributed by atoms with Crippen molar-refractivity contribution in [2.24, 2.45) is 0 Å². The van der Waals surface area contributed by atoms with Crippen LogP contribution >= 0.6 is 0 Å². The van der Waals surface area contributed by atoms with E-state index in [1.807, 2.05) is 36.5 Å². The Labute approximate surface area is 115 Å². The fraction of sp³-hybridized carbons (Fsp3) is 0. The highest BCUT2D eigenvalue weighted by Crippen LogP contribution is 2.26. The van der Waals surface area contributed by atoms with Crippen LogP contribution in [0.5, 0.6) is 0 Å². The molecule has 0 unspecified atom stereocenters. The fourth-order valence-corrected chi connectivity index (χ4v) is 2.08. The van der Waals surface area contributed by atoms with E-state index in [9.17, 15) is 10.1 Å². The van der Waals surface area contributed by atoms with Gasteiger partial charge in [0.25, 0.3) is 0 Å². The second-order valence-corrected chi connectivity index (χ2v) is 4.30. The van der Waals surface area contributed by atoms with E-state index in [1.54, 1.807) is 16.8 Å². The van der Waals surface area contributed by atoms with E-state index >= 15 is 0 Å². The predicted molar refractivity (Wildman–Crippen MR) is 73.6 cm³/mol. The van der Waals surface area contributed by atoms with E-state index < -0.39 is 0 Å². The molecule has 2 aromatic heterocycles. The number of hydrogen-bond acceptors (Lipinski definition) is 3. The Morgan fingerprint density at radius 3 is 2.65 bits per heavy atom. The number of hydrogen-bond donors (Lipinski definition) is 0. The number of carbonyl (C=O) groups is 1. The fourth-order valence-electron chi connectivity index (χ4n) is 2.08. The van der Waals surface area contributed by atoms with Crippen LogP contribution in [0.4, 0.5) is 0 Å². The SMILES string of the molecule is N#Cc1cn(-c2coc(C=O)c2)cc1-c1ccccc1. The molecule has 0 radical (unpaired) electrons. The van der Waals surface area contributed by atoms with Crippen molar-refractivity contribution in [1.82, 2.24) is 4.57 Å². The minimum atomic E-state index is 0.258. The number of aromatic nitrogens is 1. The average Bonchev–Trinajstić information content (AvgIpc) is 3.14. The molecule has 1 aromatic carbocycles. The molecule has 0 amide bonds. The highest BCUT2D eigenvalue weighted by Gasteiger charge is 2.11. The molecule has 0 saturated heterocycles. The Balaban J connectivity index is 2.10. The Morgan fingerprint density at radius 1 is 1.20 bits per heavy atom. The highest BCUT2D eigenvalue weighted by atomic mass is 16.3. The summed E-state index contributed by atoms with van der Waals surface area (Å²) in [4.78, 5) is 10.6. The molecule has 3 rings (SSSR count). The highest BCUT2D eigenvalue weighted by molar-refractivity contribution is 5.73. The Bertz CT molecular complexity index is 791. The van der Waals surface area contributed by atoms with E-state index in [0.29, 0.717) is 17.5 Å². The van der Waals surface area contributed by atoms with Gasteiger partial charge < -0.3 is 8.98 Å². The number of aldehydes is 1. The minimum absolute atomic E-state index is 0.258. The van der Waals surface area contributed by atoms with Gasteiger partial charge in [0.1, 0.15) is 12.3 Å². The Kier molecular flexibility index (Phi) is 2.94. The topological polar surface area (TPSA) is 58.9 Å². The number of rotatable bonds is 3. The first-order valence-corrected chi connectivity index (χ1v) is 6.03. The second kappa shape index (κ2) is 4.90. The van der Waals surface area contributed by atoms with Crippen LogP contribution in [0, 0.1) is 11.3 Å². The smallest absolute Gasteiger partial charge is 0.185 e. The number of nitriles is 1. The van der Waals surface area contributed by atoms with Crippen LogP contribution in [0.2, 0.25) is 0 Å². The van der Waals surface area contributed by atoms with Gasteiger partial charge in [-0.05, 0) is 5.56 Å². The summed E-state index contributed by atoms with van der Waals surface area (Å²) in [7, 11) is 0. The first-order chi connectivity index (χ1) is 9.81. The first kappa shape index (κ1) is 12.0. The van der Waals surface area contributed by atoms with Crippen molar-refractivity contribution in [2.45, 2.75) is 0 Å². The molecule has 96 valence electrons. The molecule has 0 fully saturated rings. The summed E-state index contributed by atoms with van der Waals surface area (Å²) < 4.78 is 6.86. The molecule has 0 atom stereocenters. The van der Waals surface area contributed by atoms with E-state index in [0.717, 1.165) is 11.1 Å². The number of furan rings is 1. The molecule has 0 aliphatic rings. The second-order valence-electron chi connectivity index (χ2n) is 4.30. The third kappa shape index (κ3) is 2.02. The van der Waals surface area contributed by atoms with E-state index in [-0.39, 0.29) is 5.76 Å². The maximum Gasteiger partial charge on any atom is 0.185 e. The van der Waals surface area contributed by atoms with Gasteiger partial charge in [0.15, 0.2) is 12.0 Å². The first-order valence-electron chi connectivity index (χ1n) is 6.03. The largest absolute Gasteiger partial charge is 0.459 e. The van der Waals surface area contributed by atoms with Crippen LogP contribution in [0.15, 0.2) is 59.5 Å². The number of benzene rings is 1. The molecule has 2 heterocycles. The summed E-state index contributed by atoms with van der Waals surface area (Å²) in [5.41, 5.74) is 3.11. The molecule has 4 heteroatoms. The Hall–Kier alpha value is -3.06. The van der Waals surface area contributed by atoms with Crippen LogP contribution in [0.25, 0.3) is 16.8 Å². The molecule has 0 aliphatic heterocycles. The van der Waals surface area contributed by atoms with Gasteiger partial charge in [0, 0.05) is 24.0 Å². The van der Waals surface area contributed by atoms with Gasteiger partial charge >= 0.3 is 0 Å². The maximum atomic E-state index is 10.6. The van der Waals surface area contributed by atoms with E-state index in [4.69, 9.17) is 4.42 Å². The predicted octanol–water partition coefficient (Wildman–Crippen LogP) is 3.42. The molecular formula is C16H10N2O2. The lowest BCUT2D eigenvalue weighted by atomic mass is 10.1. The quantitative estimate of drug-likeness (QED) is 0.679. The number of nitrogens with zero attached hydrogens (tertiary/aromatic N) is 2. The molecule has 4 nitrogen and oxygen atoms in total. The van der Waals surface area contributed by atoms with Gasteiger partial charge in [-0.15, -0.1) is 0 Å². The monoisotopic (exact) mass is 262 g/mol. The van der Waals surface area contributed by atoms with Crippen LogP contribution in [-0.4, -0.2) is 10.9 Å². The van der Waals surface area contributed by atoms with Crippen LogP contribution in [0.3, 0.4) is 0 Å². The van der Waals surface area contributed by atoms with Crippen LogP contribution < -0.4 is 0 Å². The van der Waals surface area contributed by atoms with Gasteiger partial charge in [-0.3, -0.25) is 4.79 Å². The summed E-state index contributed by atoms with van der Waals surface area (Å²) in [5, 5.41) is 9.25. The molecular weight excluding hydrogens is 252 g/mol. The molecule has 0 N–H and O–H groups in total. The molecule has 0 spiro atoms. The summed E-state index contributed by atoms with van der Waals surface area (Å²) in [5.74, 6) is 0.258. The van der Waals surface area contributed by atoms with Crippen molar-refractivity contribution in [2.75, 3.05) is 0 Å². The standard InChI is InChI=1S/C16H10N2O2/c17-7-13-8-18(14-6-15(10-19)20-11-14)9-16(13)12-4-2-1-3-5-12/h1-6,8-11H. The normalized spacial score (nSPS) is 10.2. The number of carbonyl (C=O) groups excluding carboxylic acids is 1. The zero-order valence-corrected chi connectivity index (χ0v) is 10.5. The Morgan fingerprint density at radius 2 is 2.00 bits per heavy atom. The van der Waals surface area contributed by atoms with Crippen molar-refractivity contribution in [3.05, 3.63) is 66.4 Å². The third-order valence-corrected chi connectivity index (χ3v) is 3.05. The molecule has 3 aromatic rings. The van der Waals surface area contributed by atoms with Gasteiger partial charge in [-0.1, -0.05) is 30.3 Å². The lowest BCUT2D eigenvalue weighted by Crippen LogP contribution is -1.85. The summed E-state index contributed by atoms with van der Waals surface area (Å²) in [6.45, 7) is 0. The van der Waals surface area contributed by atoms with E-state index in [1.165, 1.54) is 6.26 Å². The molecule has 20 heavy (non-hydrogen) atoms. The van der Waals surface area contributed by atoms with Gasteiger partial charge in [0.2, 0.25) is 0 Å². The summed E-state index contributed by atoms with van der Waals surface area (Å²) in [6.07, 6.45) is 5.71. The van der Waals surface area contributed by atoms with Gasteiger partial charge in [-0.25, -0.2) is 0 Å². The van der Waals surface area contributed by atoms with Crippen molar-refractivity contribution >= 4 is 6.29 Å². The lowest BCUT2D eigenvalue weighted by Gasteiger charge is -1.97. The molecule has 0 aliphatic carbocycles. The van der Waals surface area contributed by atoms with Crippen molar-refractivity contribution in [3.63, 3.8) is 0 Å². The van der Waals surface area contributed by atoms with Crippen molar-refractivity contribution in [1.29, 1.82) is 5.26 Å². The van der Waals surface area contributed by atoms with Crippen LogP contribution in [-0.2, 0) is 0 Å². The van der Waals surface area contributed by atoms with Gasteiger partial charge in [0.05, 0.1) is 11.3 Å². The zero-order valence-electron chi connectivity index (χ0n) is 10.5. The van der Waals surface area contributed by atoms with Gasteiger partial charge in [-0.2, -0.15) is 5.26 Å². The maximum absolute atomic E-state index is 10.6. The average molecular weight is 262 g/mol. The summed E-state index contributed by atoms with van der Waals surface area (Å²) >= 11 is 0. The van der Waals surface area contributed by atoms with Crippen molar-refractivity contribution < 1.29 is 9.21 Å². The lowest BCUT2D eigenvalue weighted by molar-refractivity contribution is 0.110. The van der Waals surface area contributed by atoms with E-state index in [2.05, 4.69) is 6.07 Å². The van der Waals surface area contributed by atoms with Crippen LogP contribution in [0.1, 0.15) is 16.1 Å². The van der Waals surface area contributed by atoms with Crippen molar-refractivity contribution in [3.8, 4) is 22.9 Å². The zero-order chi connectivity index (χ0) is 13.9. The summed E-state index contributed by atoms with van der Waals surface area (Å²) in [6, 6.07) is 13.5.